The van der Waals surface area contributed by atoms with E-state index in [2.05, 4.69) is 12.2 Å². The van der Waals surface area contributed by atoms with Gasteiger partial charge in [0.15, 0.2) is 0 Å². The van der Waals surface area contributed by atoms with Crippen LogP contribution in [-0.4, -0.2) is 19.0 Å². The van der Waals surface area contributed by atoms with Crippen molar-refractivity contribution in [2.45, 2.75) is 90.4 Å². The average molecular weight is 284 g/mol. The summed E-state index contributed by atoms with van der Waals surface area (Å²) in [5.74, 6) is 0.223. The number of amides is 1. The van der Waals surface area contributed by atoms with E-state index in [-0.39, 0.29) is 5.91 Å². The molecule has 1 amide bonds. The van der Waals surface area contributed by atoms with E-state index in [4.69, 9.17) is 5.73 Å². The Labute approximate surface area is 126 Å². The summed E-state index contributed by atoms with van der Waals surface area (Å²) in [6.45, 7) is 3.88. The highest BCUT2D eigenvalue weighted by atomic mass is 16.1. The monoisotopic (exact) mass is 284 g/mol. The Morgan fingerprint density at radius 3 is 2.00 bits per heavy atom. The van der Waals surface area contributed by atoms with Crippen molar-refractivity contribution in [2.24, 2.45) is 5.73 Å². The molecule has 0 saturated carbocycles. The molecule has 3 N–H and O–H groups in total. The highest BCUT2D eigenvalue weighted by molar-refractivity contribution is 5.75. The van der Waals surface area contributed by atoms with Crippen LogP contribution in [0.3, 0.4) is 0 Å². The van der Waals surface area contributed by atoms with Crippen LogP contribution in [0.25, 0.3) is 0 Å². The summed E-state index contributed by atoms with van der Waals surface area (Å²) in [5, 5.41) is 3.02. The standard InChI is InChI=1S/C17H36N2O/c1-2-3-4-5-6-7-10-13-16-19-17(20)14-11-8-9-12-15-18/h2-16,18H2,1H3,(H,19,20). The maximum absolute atomic E-state index is 11.5. The molecule has 0 aliphatic carbocycles. The topological polar surface area (TPSA) is 55.1 Å². The third kappa shape index (κ3) is 15.5. The van der Waals surface area contributed by atoms with Gasteiger partial charge in [0.1, 0.15) is 0 Å². The first-order chi connectivity index (χ1) is 9.81. The fraction of sp³-hybridized carbons (Fsp3) is 0.941. The molecule has 0 spiro atoms. The van der Waals surface area contributed by atoms with Crippen molar-refractivity contribution in [1.82, 2.24) is 5.32 Å². The Bertz CT molecular complexity index is 207. The Morgan fingerprint density at radius 2 is 1.35 bits per heavy atom. The van der Waals surface area contributed by atoms with Crippen LogP contribution >= 0.6 is 0 Å². The Balaban J connectivity index is 3.11. The molecule has 3 heteroatoms. The number of hydrogen-bond acceptors (Lipinski definition) is 2. The number of unbranched alkanes of at least 4 members (excludes halogenated alkanes) is 10. The quantitative estimate of drug-likeness (QED) is 0.444. The van der Waals surface area contributed by atoms with Gasteiger partial charge in [0.05, 0.1) is 0 Å². The zero-order chi connectivity index (χ0) is 14.9. The summed E-state index contributed by atoms with van der Waals surface area (Å²) in [4.78, 5) is 11.5. The van der Waals surface area contributed by atoms with Crippen molar-refractivity contribution in [3.05, 3.63) is 0 Å². The number of carbonyl (C=O) groups is 1. The van der Waals surface area contributed by atoms with Gasteiger partial charge in [-0.1, -0.05) is 64.7 Å². The van der Waals surface area contributed by atoms with Crippen LogP contribution in [0, 0.1) is 0 Å². The molecule has 0 bridgehead atoms. The number of carbonyl (C=O) groups excluding carboxylic acids is 1. The first-order valence-corrected chi connectivity index (χ1v) is 8.78. The molecule has 0 aromatic heterocycles. The van der Waals surface area contributed by atoms with Gasteiger partial charge in [-0.05, 0) is 25.8 Å². The highest BCUT2D eigenvalue weighted by Gasteiger charge is 2.00. The van der Waals surface area contributed by atoms with Gasteiger partial charge >= 0.3 is 0 Å². The van der Waals surface area contributed by atoms with Crippen molar-refractivity contribution in [3.8, 4) is 0 Å². The lowest BCUT2D eigenvalue weighted by molar-refractivity contribution is -0.121. The van der Waals surface area contributed by atoms with E-state index in [9.17, 15) is 4.79 Å². The van der Waals surface area contributed by atoms with Gasteiger partial charge in [-0.15, -0.1) is 0 Å². The van der Waals surface area contributed by atoms with Crippen molar-refractivity contribution >= 4 is 5.91 Å². The minimum atomic E-state index is 0.223. The molecule has 0 radical (unpaired) electrons. The number of hydrogen-bond donors (Lipinski definition) is 2. The summed E-state index contributed by atoms with van der Waals surface area (Å²) in [5.41, 5.74) is 5.43. The molecule has 0 rings (SSSR count). The summed E-state index contributed by atoms with van der Waals surface area (Å²) in [6, 6.07) is 0. The summed E-state index contributed by atoms with van der Waals surface area (Å²) in [7, 11) is 0. The SMILES string of the molecule is CCCCCCCCCCNC(=O)CCCCCCN. The molecule has 0 atom stereocenters. The van der Waals surface area contributed by atoms with E-state index in [1.165, 1.54) is 44.9 Å². The lowest BCUT2D eigenvalue weighted by Gasteiger charge is -2.05. The van der Waals surface area contributed by atoms with Crippen molar-refractivity contribution in [1.29, 1.82) is 0 Å². The van der Waals surface area contributed by atoms with Gasteiger partial charge in [-0.3, -0.25) is 4.79 Å². The Hall–Kier alpha value is -0.570. The smallest absolute Gasteiger partial charge is 0.219 e. The first-order valence-electron chi connectivity index (χ1n) is 8.78. The lowest BCUT2D eigenvalue weighted by Crippen LogP contribution is -2.23. The number of nitrogens with two attached hydrogens (primary N) is 1. The van der Waals surface area contributed by atoms with Crippen LogP contribution in [-0.2, 0) is 4.79 Å². The second-order valence-electron chi connectivity index (χ2n) is 5.78. The Morgan fingerprint density at radius 1 is 0.800 bits per heavy atom. The number of nitrogens with one attached hydrogen (secondary N) is 1. The summed E-state index contributed by atoms with van der Waals surface area (Å²) >= 11 is 0. The molecule has 0 aliphatic heterocycles. The molecule has 0 aliphatic rings. The zero-order valence-corrected chi connectivity index (χ0v) is 13.6. The normalized spacial score (nSPS) is 10.7. The van der Waals surface area contributed by atoms with Gasteiger partial charge in [0, 0.05) is 13.0 Å². The van der Waals surface area contributed by atoms with Gasteiger partial charge in [0.2, 0.25) is 5.91 Å². The highest BCUT2D eigenvalue weighted by Crippen LogP contribution is 2.08. The van der Waals surface area contributed by atoms with Crippen LogP contribution in [0.1, 0.15) is 90.4 Å². The zero-order valence-electron chi connectivity index (χ0n) is 13.6. The minimum absolute atomic E-state index is 0.223. The van der Waals surface area contributed by atoms with E-state index < -0.39 is 0 Å². The third-order valence-electron chi connectivity index (χ3n) is 3.71. The maximum Gasteiger partial charge on any atom is 0.219 e. The van der Waals surface area contributed by atoms with Crippen LogP contribution in [0.15, 0.2) is 0 Å². The fourth-order valence-corrected chi connectivity index (χ4v) is 2.36. The van der Waals surface area contributed by atoms with Crippen LogP contribution in [0.4, 0.5) is 0 Å². The predicted octanol–water partition coefficient (Wildman–Crippen LogP) is 4.15. The molecule has 0 aromatic carbocycles. The van der Waals surface area contributed by atoms with E-state index in [0.29, 0.717) is 6.42 Å². The molecule has 0 unspecified atom stereocenters. The van der Waals surface area contributed by atoms with Gasteiger partial charge in [0.25, 0.3) is 0 Å². The van der Waals surface area contributed by atoms with Gasteiger partial charge < -0.3 is 11.1 Å². The largest absolute Gasteiger partial charge is 0.356 e. The summed E-state index contributed by atoms with van der Waals surface area (Å²) < 4.78 is 0. The second-order valence-corrected chi connectivity index (χ2v) is 5.78. The molecular formula is C17H36N2O. The molecule has 0 heterocycles. The second kappa shape index (κ2) is 16.5. The van der Waals surface area contributed by atoms with Gasteiger partial charge in [-0.2, -0.15) is 0 Å². The van der Waals surface area contributed by atoms with E-state index >= 15 is 0 Å². The van der Waals surface area contributed by atoms with Crippen molar-refractivity contribution in [2.75, 3.05) is 13.1 Å². The van der Waals surface area contributed by atoms with Crippen molar-refractivity contribution < 1.29 is 4.79 Å². The van der Waals surface area contributed by atoms with Crippen LogP contribution < -0.4 is 11.1 Å². The van der Waals surface area contributed by atoms with Gasteiger partial charge in [-0.25, -0.2) is 0 Å². The fourth-order valence-electron chi connectivity index (χ4n) is 2.36. The van der Waals surface area contributed by atoms with E-state index in [1.807, 2.05) is 0 Å². The molecular weight excluding hydrogens is 248 g/mol. The van der Waals surface area contributed by atoms with Crippen LogP contribution in [0.5, 0.6) is 0 Å². The minimum Gasteiger partial charge on any atom is -0.356 e. The molecule has 3 nitrogen and oxygen atoms in total. The number of rotatable bonds is 15. The molecule has 0 aromatic rings. The molecule has 0 saturated heterocycles. The summed E-state index contributed by atoms with van der Waals surface area (Å²) in [6.07, 6.45) is 15.6. The molecule has 20 heavy (non-hydrogen) atoms. The predicted molar refractivity (Wildman–Crippen MR) is 87.8 cm³/mol. The average Bonchev–Trinajstić information content (AvgIpc) is 2.45. The lowest BCUT2D eigenvalue weighted by atomic mass is 10.1. The maximum atomic E-state index is 11.5. The van der Waals surface area contributed by atoms with Crippen LogP contribution in [0.2, 0.25) is 0 Å². The van der Waals surface area contributed by atoms with E-state index in [0.717, 1.165) is 45.2 Å². The Kier molecular flexibility index (Phi) is 16.0. The van der Waals surface area contributed by atoms with E-state index in [1.54, 1.807) is 0 Å². The third-order valence-corrected chi connectivity index (χ3v) is 3.71. The van der Waals surface area contributed by atoms with Crippen molar-refractivity contribution in [3.63, 3.8) is 0 Å². The first kappa shape index (κ1) is 19.4. The molecule has 0 fully saturated rings. The molecule has 120 valence electrons.